The second kappa shape index (κ2) is 59.9. The van der Waals surface area contributed by atoms with Crippen LogP contribution in [0.3, 0.4) is 0 Å². The Hall–Kier alpha value is -2.63. The van der Waals surface area contributed by atoms with Gasteiger partial charge in [-0.1, -0.05) is 256 Å². The highest BCUT2D eigenvalue weighted by atomic mass is 16.6. The summed E-state index contributed by atoms with van der Waals surface area (Å²) in [5.41, 5.74) is 0. The second-order valence-electron chi connectivity index (χ2n) is 21.0. The summed E-state index contributed by atoms with van der Waals surface area (Å²) >= 11 is 0. The van der Waals surface area contributed by atoms with Crippen molar-refractivity contribution in [1.29, 1.82) is 0 Å². The van der Waals surface area contributed by atoms with Crippen molar-refractivity contribution in [2.75, 3.05) is 13.2 Å². The lowest BCUT2D eigenvalue weighted by Gasteiger charge is -2.18. The maximum atomic E-state index is 12.9. The SMILES string of the molecule is CCCCC/C=C\C/C=C\CCCCCCCCCC(=O)OC(COC(=O)CCCCCCCCC/C=C\CCCCCCCC)COC(=O)CCCCCCCCCCC/C=C\CCCCCCCC. The first-order chi connectivity index (χ1) is 35.0. The van der Waals surface area contributed by atoms with Crippen LogP contribution in [0.1, 0.15) is 329 Å². The fourth-order valence-electron chi connectivity index (χ4n) is 9.05. The van der Waals surface area contributed by atoms with Crippen LogP contribution in [-0.2, 0) is 28.6 Å². The van der Waals surface area contributed by atoms with Crippen molar-refractivity contribution in [3.8, 4) is 0 Å². The van der Waals surface area contributed by atoms with Crippen LogP contribution in [0.5, 0.6) is 0 Å². The second-order valence-corrected chi connectivity index (χ2v) is 21.0. The summed E-state index contributed by atoms with van der Waals surface area (Å²) in [6.45, 7) is 6.64. The number of ether oxygens (including phenoxy) is 3. The van der Waals surface area contributed by atoms with E-state index in [0.29, 0.717) is 19.3 Å². The third-order valence-electron chi connectivity index (χ3n) is 13.8. The van der Waals surface area contributed by atoms with E-state index in [2.05, 4.69) is 69.4 Å². The van der Waals surface area contributed by atoms with Gasteiger partial charge in [0, 0.05) is 19.3 Å². The van der Waals surface area contributed by atoms with Gasteiger partial charge < -0.3 is 14.2 Å². The number of carbonyl (C=O) groups excluding carboxylic acids is 3. The fraction of sp³-hybridized carbons (Fsp3) is 0.831. The van der Waals surface area contributed by atoms with Gasteiger partial charge in [-0.15, -0.1) is 0 Å². The number of rotatable bonds is 57. The molecule has 0 saturated heterocycles. The van der Waals surface area contributed by atoms with E-state index in [1.165, 1.54) is 218 Å². The molecule has 0 amide bonds. The van der Waals surface area contributed by atoms with Crippen molar-refractivity contribution in [3.63, 3.8) is 0 Å². The highest BCUT2D eigenvalue weighted by molar-refractivity contribution is 5.71. The predicted octanol–water partition coefficient (Wildman–Crippen LogP) is 21.0. The van der Waals surface area contributed by atoms with Crippen molar-refractivity contribution in [3.05, 3.63) is 48.6 Å². The smallest absolute Gasteiger partial charge is 0.306 e. The molecule has 0 heterocycles. The average Bonchev–Trinajstić information content (AvgIpc) is 3.37. The first kappa shape index (κ1) is 68.4. The van der Waals surface area contributed by atoms with E-state index in [9.17, 15) is 14.4 Å². The van der Waals surface area contributed by atoms with Gasteiger partial charge in [0.15, 0.2) is 6.10 Å². The van der Waals surface area contributed by atoms with Crippen LogP contribution in [0.15, 0.2) is 48.6 Å². The minimum atomic E-state index is -0.780. The fourth-order valence-corrected chi connectivity index (χ4v) is 9.05. The van der Waals surface area contributed by atoms with Crippen LogP contribution >= 0.6 is 0 Å². The van der Waals surface area contributed by atoms with Gasteiger partial charge in [-0.2, -0.15) is 0 Å². The van der Waals surface area contributed by atoms with Gasteiger partial charge in [-0.05, 0) is 103 Å². The maximum Gasteiger partial charge on any atom is 0.306 e. The van der Waals surface area contributed by atoms with Crippen molar-refractivity contribution >= 4 is 17.9 Å². The van der Waals surface area contributed by atoms with Crippen LogP contribution in [0, 0.1) is 0 Å². The Bertz CT molecular complexity index is 1230. The average molecular weight is 996 g/mol. The number of hydrogen-bond donors (Lipinski definition) is 0. The largest absolute Gasteiger partial charge is 0.462 e. The van der Waals surface area contributed by atoms with Crippen molar-refractivity contribution in [2.24, 2.45) is 0 Å². The Balaban J connectivity index is 4.37. The Labute approximate surface area is 441 Å². The summed E-state index contributed by atoms with van der Waals surface area (Å²) in [4.78, 5) is 38.3. The van der Waals surface area contributed by atoms with Crippen LogP contribution in [0.2, 0.25) is 0 Å². The molecule has 0 aromatic carbocycles. The summed E-state index contributed by atoms with van der Waals surface area (Å²) in [6, 6.07) is 0. The predicted molar refractivity (Wildman–Crippen MR) is 307 cm³/mol. The van der Waals surface area contributed by atoms with Crippen LogP contribution in [-0.4, -0.2) is 37.2 Å². The third kappa shape index (κ3) is 58.1. The molecule has 6 heteroatoms. The zero-order valence-corrected chi connectivity index (χ0v) is 47.5. The van der Waals surface area contributed by atoms with E-state index in [4.69, 9.17) is 14.2 Å². The lowest BCUT2D eigenvalue weighted by atomic mass is 10.1. The van der Waals surface area contributed by atoms with E-state index >= 15 is 0 Å². The number of unbranched alkanes of at least 4 members (excludes halogenated alkanes) is 38. The standard InChI is InChI=1S/C65H118O6/c1-4-7-10-13-16-19-22-25-28-31-32-35-37-40-43-46-49-52-55-58-64(67)70-61-62(71-65(68)59-56-53-50-47-44-41-38-34-30-27-24-21-18-15-12-9-6-3)60-69-63(66)57-54-51-48-45-42-39-36-33-29-26-23-20-17-14-11-8-5-2/h18,21,25-30,62H,4-17,19-20,22-24,31-61H2,1-3H3/b21-18-,28-25-,29-26-,30-27-. The molecule has 1 unspecified atom stereocenters. The molecular formula is C65H118O6. The maximum absolute atomic E-state index is 12.9. The zero-order chi connectivity index (χ0) is 51.4. The topological polar surface area (TPSA) is 78.9 Å². The summed E-state index contributed by atoms with van der Waals surface area (Å²) in [5.74, 6) is -0.873. The molecule has 0 aliphatic rings. The first-order valence-electron chi connectivity index (χ1n) is 31.1. The Morgan fingerprint density at radius 2 is 0.507 bits per heavy atom. The van der Waals surface area contributed by atoms with Gasteiger partial charge in [-0.25, -0.2) is 0 Å². The van der Waals surface area contributed by atoms with E-state index in [0.717, 1.165) is 70.6 Å². The molecule has 0 spiro atoms. The van der Waals surface area contributed by atoms with Gasteiger partial charge in [0.05, 0.1) is 0 Å². The molecule has 0 aromatic rings. The summed E-state index contributed by atoms with van der Waals surface area (Å²) in [6.07, 6.45) is 73.9. The van der Waals surface area contributed by atoms with E-state index < -0.39 is 6.10 Å². The van der Waals surface area contributed by atoms with E-state index in [-0.39, 0.29) is 31.1 Å². The minimum absolute atomic E-state index is 0.0768. The van der Waals surface area contributed by atoms with Gasteiger partial charge >= 0.3 is 17.9 Å². The van der Waals surface area contributed by atoms with Gasteiger partial charge in [0.25, 0.3) is 0 Å². The number of esters is 3. The molecule has 0 N–H and O–H groups in total. The molecule has 0 radical (unpaired) electrons. The highest BCUT2D eigenvalue weighted by Crippen LogP contribution is 2.16. The Kier molecular flexibility index (Phi) is 57.7. The third-order valence-corrected chi connectivity index (χ3v) is 13.8. The molecule has 0 aliphatic carbocycles. The lowest BCUT2D eigenvalue weighted by molar-refractivity contribution is -0.167. The molecule has 71 heavy (non-hydrogen) atoms. The van der Waals surface area contributed by atoms with E-state index in [1.807, 2.05) is 0 Å². The molecule has 0 aromatic heterocycles. The molecule has 0 rings (SSSR count). The van der Waals surface area contributed by atoms with Gasteiger partial charge in [0.1, 0.15) is 13.2 Å². The summed E-state index contributed by atoms with van der Waals surface area (Å²) in [5, 5.41) is 0. The number of hydrogen-bond acceptors (Lipinski definition) is 6. The molecule has 0 bridgehead atoms. The van der Waals surface area contributed by atoms with Crippen LogP contribution in [0.4, 0.5) is 0 Å². The lowest BCUT2D eigenvalue weighted by Crippen LogP contribution is -2.30. The molecule has 0 aliphatic heterocycles. The monoisotopic (exact) mass is 995 g/mol. The molecule has 1 atom stereocenters. The molecule has 414 valence electrons. The molecule has 0 saturated carbocycles. The van der Waals surface area contributed by atoms with Gasteiger partial charge in [0.2, 0.25) is 0 Å². The molecule has 6 nitrogen and oxygen atoms in total. The normalized spacial score (nSPS) is 12.3. The summed E-state index contributed by atoms with van der Waals surface area (Å²) < 4.78 is 16.9. The highest BCUT2D eigenvalue weighted by Gasteiger charge is 2.19. The Morgan fingerprint density at radius 1 is 0.282 bits per heavy atom. The Morgan fingerprint density at radius 3 is 0.817 bits per heavy atom. The van der Waals surface area contributed by atoms with E-state index in [1.54, 1.807) is 0 Å². The van der Waals surface area contributed by atoms with Crippen molar-refractivity contribution in [2.45, 2.75) is 335 Å². The van der Waals surface area contributed by atoms with Crippen molar-refractivity contribution in [1.82, 2.24) is 0 Å². The summed E-state index contributed by atoms with van der Waals surface area (Å²) in [7, 11) is 0. The van der Waals surface area contributed by atoms with Crippen LogP contribution in [0.25, 0.3) is 0 Å². The van der Waals surface area contributed by atoms with Gasteiger partial charge in [-0.3, -0.25) is 14.4 Å². The minimum Gasteiger partial charge on any atom is -0.462 e. The number of allylic oxidation sites excluding steroid dienone is 8. The molecule has 0 fully saturated rings. The first-order valence-corrected chi connectivity index (χ1v) is 31.1. The zero-order valence-electron chi connectivity index (χ0n) is 47.5. The molecular weight excluding hydrogens is 877 g/mol. The number of carbonyl (C=O) groups is 3. The van der Waals surface area contributed by atoms with Crippen LogP contribution < -0.4 is 0 Å². The quantitative estimate of drug-likeness (QED) is 0.0261. The van der Waals surface area contributed by atoms with Crippen molar-refractivity contribution < 1.29 is 28.6 Å².